The van der Waals surface area contributed by atoms with Crippen LogP contribution in [0.5, 0.6) is 0 Å². The van der Waals surface area contributed by atoms with Crippen LogP contribution >= 0.6 is 23.4 Å². The molecule has 2 aliphatic rings. The van der Waals surface area contributed by atoms with Crippen molar-refractivity contribution in [3.05, 3.63) is 64.7 Å². The van der Waals surface area contributed by atoms with Crippen LogP contribution in [0.4, 0.5) is 5.69 Å². The lowest BCUT2D eigenvalue weighted by Gasteiger charge is -2.25. The SMILES string of the molecule is CCCCNC(=O)CC1N=C2c3ccccc3N=C(SCC(=O)NCc3ccccc3Cl)N2C1=O. The maximum atomic E-state index is 13.2. The predicted molar refractivity (Wildman–Crippen MR) is 139 cm³/mol. The molecule has 0 aliphatic carbocycles. The van der Waals surface area contributed by atoms with E-state index >= 15 is 0 Å². The Morgan fingerprint density at radius 1 is 1.09 bits per heavy atom. The van der Waals surface area contributed by atoms with Gasteiger partial charge < -0.3 is 10.6 Å². The van der Waals surface area contributed by atoms with Gasteiger partial charge in [0.1, 0.15) is 11.9 Å². The van der Waals surface area contributed by atoms with Gasteiger partial charge in [-0.2, -0.15) is 0 Å². The zero-order valence-corrected chi connectivity index (χ0v) is 20.9. The lowest BCUT2D eigenvalue weighted by atomic mass is 10.1. The molecule has 0 fully saturated rings. The number of aliphatic imine (C=N–C) groups is 2. The Labute approximate surface area is 213 Å². The molecule has 0 bridgehead atoms. The van der Waals surface area contributed by atoms with Gasteiger partial charge in [-0.15, -0.1) is 0 Å². The van der Waals surface area contributed by atoms with Crippen molar-refractivity contribution in [2.24, 2.45) is 9.98 Å². The van der Waals surface area contributed by atoms with Crippen molar-refractivity contribution in [2.75, 3.05) is 12.3 Å². The number of hydrogen-bond donors (Lipinski definition) is 2. The number of rotatable bonds is 9. The Bertz CT molecular complexity index is 1200. The molecule has 8 nitrogen and oxygen atoms in total. The van der Waals surface area contributed by atoms with E-state index in [-0.39, 0.29) is 29.9 Å². The number of halogens is 1. The third-order valence-corrected chi connectivity index (χ3v) is 6.85. The number of nitrogens with one attached hydrogen (secondary N) is 2. The third-order valence-electron chi connectivity index (χ3n) is 5.55. The number of para-hydroxylation sites is 1. The van der Waals surface area contributed by atoms with Crippen molar-refractivity contribution < 1.29 is 14.4 Å². The van der Waals surface area contributed by atoms with Crippen molar-refractivity contribution in [3.8, 4) is 0 Å². The van der Waals surface area contributed by atoms with Gasteiger partial charge in [0.05, 0.1) is 17.9 Å². The lowest BCUT2D eigenvalue weighted by Crippen LogP contribution is -2.42. The van der Waals surface area contributed by atoms with Crippen LogP contribution in [-0.2, 0) is 20.9 Å². The molecule has 2 aliphatic heterocycles. The van der Waals surface area contributed by atoms with E-state index in [1.54, 1.807) is 6.07 Å². The molecule has 2 heterocycles. The van der Waals surface area contributed by atoms with Crippen molar-refractivity contribution in [1.82, 2.24) is 15.5 Å². The molecule has 182 valence electrons. The summed E-state index contributed by atoms with van der Waals surface area (Å²) in [6.45, 7) is 2.92. The van der Waals surface area contributed by atoms with Gasteiger partial charge in [0.15, 0.2) is 5.17 Å². The van der Waals surface area contributed by atoms with Crippen molar-refractivity contribution in [2.45, 2.75) is 38.8 Å². The standard InChI is InChI=1S/C25H26ClN5O3S/c1-2-3-12-27-21(32)13-20-24(34)31-23(29-20)17-9-5-7-11-19(17)30-25(31)35-15-22(33)28-14-16-8-4-6-10-18(16)26/h4-11,20H,2-3,12-15H2,1H3,(H,27,32)(H,28,33). The summed E-state index contributed by atoms with van der Waals surface area (Å²) < 4.78 is 0. The largest absolute Gasteiger partial charge is 0.356 e. The molecule has 2 aromatic rings. The Morgan fingerprint density at radius 3 is 2.66 bits per heavy atom. The van der Waals surface area contributed by atoms with Gasteiger partial charge in [-0.3, -0.25) is 19.4 Å². The Hall–Kier alpha value is -3.17. The van der Waals surface area contributed by atoms with Gasteiger partial charge in [0, 0.05) is 23.7 Å². The van der Waals surface area contributed by atoms with Crippen LogP contribution in [0.2, 0.25) is 5.02 Å². The second kappa shape index (κ2) is 11.5. The highest BCUT2D eigenvalue weighted by Gasteiger charge is 2.42. The topological polar surface area (TPSA) is 103 Å². The summed E-state index contributed by atoms with van der Waals surface area (Å²) in [5, 5.41) is 6.64. The molecule has 3 amide bonds. The monoisotopic (exact) mass is 511 g/mol. The van der Waals surface area contributed by atoms with E-state index in [0.29, 0.717) is 34.8 Å². The average molecular weight is 512 g/mol. The predicted octanol–water partition coefficient (Wildman–Crippen LogP) is 3.65. The molecule has 0 radical (unpaired) electrons. The molecule has 0 saturated heterocycles. The number of carbonyl (C=O) groups excluding carboxylic acids is 3. The summed E-state index contributed by atoms with van der Waals surface area (Å²) in [7, 11) is 0. The van der Waals surface area contributed by atoms with Crippen LogP contribution in [0.25, 0.3) is 0 Å². The first-order chi connectivity index (χ1) is 17.0. The highest BCUT2D eigenvalue weighted by molar-refractivity contribution is 8.14. The molecule has 10 heteroatoms. The molecule has 1 unspecified atom stereocenters. The van der Waals surface area contributed by atoms with E-state index in [2.05, 4.69) is 20.6 Å². The zero-order valence-electron chi connectivity index (χ0n) is 19.3. The average Bonchev–Trinajstić information content (AvgIpc) is 3.18. The molecule has 35 heavy (non-hydrogen) atoms. The van der Waals surface area contributed by atoms with E-state index in [1.807, 2.05) is 49.4 Å². The fourth-order valence-corrected chi connectivity index (χ4v) is 4.73. The summed E-state index contributed by atoms with van der Waals surface area (Å²) in [6, 6.07) is 13.9. The molecule has 1 atom stereocenters. The summed E-state index contributed by atoms with van der Waals surface area (Å²) in [4.78, 5) is 48.7. The summed E-state index contributed by atoms with van der Waals surface area (Å²) in [6.07, 6.45) is 1.82. The number of benzene rings is 2. The van der Waals surface area contributed by atoms with Crippen LogP contribution in [0.15, 0.2) is 58.5 Å². The van der Waals surface area contributed by atoms with Crippen LogP contribution < -0.4 is 10.6 Å². The zero-order chi connectivity index (χ0) is 24.8. The Morgan fingerprint density at radius 2 is 1.86 bits per heavy atom. The molecular weight excluding hydrogens is 486 g/mol. The number of fused-ring (bicyclic) bond motifs is 3. The van der Waals surface area contributed by atoms with E-state index in [4.69, 9.17) is 11.6 Å². The number of hydrogen-bond acceptors (Lipinski definition) is 6. The van der Waals surface area contributed by atoms with E-state index in [0.717, 1.165) is 35.7 Å². The first-order valence-electron chi connectivity index (χ1n) is 11.5. The van der Waals surface area contributed by atoms with Crippen LogP contribution in [-0.4, -0.2) is 52.0 Å². The first-order valence-corrected chi connectivity index (χ1v) is 12.8. The number of unbranched alkanes of at least 4 members (excludes halogenated alkanes) is 1. The van der Waals surface area contributed by atoms with Gasteiger partial charge >= 0.3 is 0 Å². The summed E-state index contributed by atoms with van der Waals surface area (Å²) in [5.74, 6) is -0.216. The Kier molecular flexibility index (Phi) is 8.20. The van der Waals surface area contributed by atoms with Gasteiger partial charge in [0.2, 0.25) is 11.8 Å². The van der Waals surface area contributed by atoms with Crippen LogP contribution in [0.1, 0.15) is 37.3 Å². The van der Waals surface area contributed by atoms with Crippen molar-refractivity contribution >= 4 is 57.8 Å². The molecule has 2 N–H and O–H groups in total. The fraction of sp³-hybridized carbons (Fsp3) is 0.320. The molecule has 0 saturated carbocycles. The van der Waals surface area contributed by atoms with E-state index in [1.165, 1.54) is 4.90 Å². The smallest absolute Gasteiger partial charge is 0.259 e. The van der Waals surface area contributed by atoms with Crippen LogP contribution in [0.3, 0.4) is 0 Å². The van der Waals surface area contributed by atoms with Gasteiger partial charge in [-0.1, -0.05) is 67.0 Å². The Balaban J connectivity index is 1.44. The maximum Gasteiger partial charge on any atom is 0.259 e. The van der Waals surface area contributed by atoms with Gasteiger partial charge in [0.25, 0.3) is 5.91 Å². The summed E-state index contributed by atoms with van der Waals surface area (Å²) >= 11 is 7.31. The minimum absolute atomic E-state index is 0.0268. The second-order valence-corrected chi connectivity index (χ2v) is 9.47. The normalized spacial score (nSPS) is 16.2. The second-order valence-electron chi connectivity index (χ2n) is 8.12. The fourth-order valence-electron chi connectivity index (χ4n) is 3.70. The molecule has 0 spiro atoms. The molecular formula is C25H26ClN5O3S. The minimum atomic E-state index is -0.822. The number of thioether (sulfide) groups is 1. The highest BCUT2D eigenvalue weighted by Crippen LogP contribution is 2.34. The number of carbonyl (C=O) groups is 3. The van der Waals surface area contributed by atoms with Crippen LogP contribution in [0, 0.1) is 0 Å². The molecule has 4 rings (SSSR count). The quantitative estimate of drug-likeness (QED) is 0.501. The van der Waals surface area contributed by atoms with Gasteiger partial charge in [-0.05, 0) is 30.2 Å². The molecule has 0 aromatic heterocycles. The highest BCUT2D eigenvalue weighted by atomic mass is 35.5. The summed E-state index contributed by atoms with van der Waals surface area (Å²) in [5.41, 5.74) is 2.21. The number of nitrogens with zero attached hydrogens (tertiary/aromatic N) is 3. The lowest BCUT2D eigenvalue weighted by molar-refractivity contribution is -0.128. The first kappa shape index (κ1) is 24.9. The van der Waals surface area contributed by atoms with Crippen molar-refractivity contribution in [1.29, 1.82) is 0 Å². The van der Waals surface area contributed by atoms with Crippen molar-refractivity contribution in [3.63, 3.8) is 0 Å². The van der Waals surface area contributed by atoms with E-state index < -0.39 is 6.04 Å². The number of amidine groups is 2. The molecule has 2 aromatic carbocycles. The van der Waals surface area contributed by atoms with Gasteiger partial charge in [-0.25, -0.2) is 9.89 Å². The number of amides is 3. The minimum Gasteiger partial charge on any atom is -0.356 e. The maximum absolute atomic E-state index is 13.2. The van der Waals surface area contributed by atoms with E-state index in [9.17, 15) is 14.4 Å². The third kappa shape index (κ3) is 5.91.